The molecule has 2 amide bonds. The van der Waals surface area contributed by atoms with Crippen molar-refractivity contribution >= 4 is 17.5 Å². The van der Waals surface area contributed by atoms with Gasteiger partial charge in [0.05, 0.1) is 12.3 Å². The maximum Gasteiger partial charge on any atom is 0.309 e. The number of hydrogen-bond acceptors (Lipinski definition) is 6. The lowest BCUT2D eigenvalue weighted by molar-refractivity contribution is -0.139. The Morgan fingerprint density at radius 3 is 2.38 bits per heavy atom. The number of piperazine rings is 1. The van der Waals surface area contributed by atoms with Crippen LogP contribution in [0.2, 0.25) is 0 Å². The summed E-state index contributed by atoms with van der Waals surface area (Å²) >= 11 is 0. The van der Waals surface area contributed by atoms with Gasteiger partial charge < -0.3 is 25.1 Å². The van der Waals surface area contributed by atoms with Gasteiger partial charge in [0, 0.05) is 51.6 Å². The first kappa shape index (κ1) is 20.9. The second-order valence-electron chi connectivity index (χ2n) is 6.93. The number of para-hydroxylation sites is 1. The highest BCUT2D eigenvalue weighted by Crippen LogP contribution is 2.24. The van der Waals surface area contributed by atoms with Crippen LogP contribution in [0.25, 0.3) is 0 Å². The summed E-state index contributed by atoms with van der Waals surface area (Å²) in [5.74, 6) is -0.605. The number of aliphatic hydroxyl groups is 1. The third-order valence-electron chi connectivity index (χ3n) is 5.03. The molecule has 0 spiro atoms. The quantitative estimate of drug-likeness (QED) is 0.447. The SMILES string of the molecule is O=C(NCCCO)C(=O)NC[C@@H](c1ccco1)N1CCN(c2ccccc2)CC1. The molecular weight excluding hydrogens is 372 g/mol. The van der Waals surface area contributed by atoms with Crippen LogP contribution >= 0.6 is 0 Å². The number of nitrogens with zero attached hydrogens (tertiary/aromatic N) is 2. The molecule has 2 heterocycles. The van der Waals surface area contributed by atoms with E-state index in [1.165, 1.54) is 5.69 Å². The van der Waals surface area contributed by atoms with Gasteiger partial charge >= 0.3 is 11.8 Å². The molecule has 1 fully saturated rings. The molecule has 0 saturated carbocycles. The normalized spacial score (nSPS) is 15.7. The van der Waals surface area contributed by atoms with E-state index in [1.54, 1.807) is 6.26 Å². The summed E-state index contributed by atoms with van der Waals surface area (Å²) in [6, 6.07) is 13.9. The van der Waals surface area contributed by atoms with Crippen molar-refractivity contribution in [3.05, 3.63) is 54.5 Å². The van der Waals surface area contributed by atoms with Gasteiger partial charge in [0.25, 0.3) is 0 Å². The van der Waals surface area contributed by atoms with Crippen molar-refractivity contribution in [1.29, 1.82) is 0 Å². The van der Waals surface area contributed by atoms with Crippen molar-refractivity contribution in [2.24, 2.45) is 0 Å². The molecule has 8 nitrogen and oxygen atoms in total. The van der Waals surface area contributed by atoms with Crippen LogP contribution in [-0.2, 0) is 9.59 Å². The molecule has 0 bridgehead atoms. The number of nitrogens with one attached hydrogen (secondary N) is 2. The van der Waals surface area contributed by atoms with Crippen LogP contribution in [0.1, 0.15) is 18.2 Å². The second kappa shape index (κ2) is 10.6. The molecule has 2 aromatic rings. The van der Waals surface area contributed by atoms with Gasteiger partial charge in [0.1, 0.15) is 5.76 Å². The molecule has 0 unspecified atom stereocenters. The topological polar surface area (TPSA) is 98.0 Å². The Morgan fingerprint density at radius 2 is 1.72 bits per heavy atom. The molecule has 3 rings (SSSR count). The molecule has 1 saturated heterocycles. The minimum absolute atomic E-state index is 0.0303. The number of carbonyl (C=O) groups excluding carboxylic acids is 2. The summed E-state index contributed by atoms with van der Waals surface area (Å²) in [6.45, 7) is 3.90. The zero-order valence-electron chi connectivity index (χ0n) is 16.4. The van der Waals surface area contributed by atoms with Crippen molar-refractivity contribution in [2.75, 3.05) is 50.8 Å². The minimum Gasteiger partial charge on any atom is -0.468 e. The Balaban J connectivity index is 1.56. The Kier molecular flexibility index (Phi) is 7.66. The first-order chi connectivity index (χ1) is 14.2. The molecule has 1 aliphatic rings. The standard InChI is InChI=1S/C21H28N4O4/c26-14-5-9-22-20(27)21(28)23-16-18(19-8-4-15-29-19)25-12-10-24(11-13-25)17-6-2-1-3-7-17/h1-4,6-8,15,18,26H,5,9-14,16H2,(H,22,27)(H,23,28)/t18-/m0/s1. The number of aliphatic hydroxyl groups excluding tert-OH is 1. The summed E-state index contributed by atoms with van der Waals surface area (Å²) in [6.07, 6.45) is 2.03. The summed E-state index contributed by atoms with van der Waals surface area (Å²) in [4.78, 5) is 28.5. The van der Waals surface area contributed by atoms with Gasteiger partial charge in [0.15, 0.2) is 0 Å². The van der Waals surface area contributed by atoms with E-state index in [-0.39, 0.29) is 25.7 Å². The van der Waals surface area contributed by atoms with Gasteiger partial charge in [-0.1, -0.05) is 18.2 Å². The predicted octanol–water partition coefficient (Wildman–Crippen LogP) is 0.758. The largest absolute Gasteiger partial charge is 0.468 e. The second-order valence-corrected chi connectivity index (χ2v) is 6.93. The number of carbonyl (C=O) groups is 2. The first-order valence-electron chi connectivity index (χ1n) is 9.93. The summed E-state index contributed by atoms with van der Waals surface area (Å²) < 4.78 is 5.60. The third-order valence-corrected chi connectivity index (χ3v) is 5.03. The van der Waals surface area contributed by atoms with Crippen LogP contribution < -0.4 is 15.5 Å². The van der Waals surface area contributed by atoms with E-state index >= 15 is 0 Å². The van der Waals surface area contributed by atoms with E-state index in [2.05, 4.69) is 32.6 Å². The number of anilines is 1. The lowest BCUT2D eigenvalue weighted by Gasteiger charge is -2.39. The average molecular weight is 400 g/mol. The highest BCUT2D eigenvalue weighted by molar-refractivity contribution is 6.35. The van der Waals surface area contributed by atoms with Crippen LogP contribution in [-0.4, -0.2) is 67.7 Å². The lowest BCUT2D eigenvalue weighted by atomic mass is 10.1. The molecule has 1 aromatic heterocycles. The molecule has 1 aliphatic heterocycles. The van der Waals surface area contributed by atoms with Crippen LogP contribution in [0.4, 0.5) is 5.69 Å². The number of furan rings is 1. The Bertz CT molecular complexity index is 758. The Hall–Kier alpha value is -2.84. The van der Waals surface area contributed by atoms with E-state index in [9.17, 15) is 9.59 Å². The number of amides is 2. The fourth-order valence-corrected chi connectivity index (χ4v) is 3.45. The molecule has 29 heavy (non-hydrogen) atoms. The number of hydrogen-bond donors (Lipinski definition) is 3. The highest BCUT2D eigenvalue weighted by Gasteiger charge is 2.28. The monoisotopic (exact) mass is 400 g/mol. The molecule has 1 atom stereocenters. The van der Waals surface area contributed by atoms with Crippen molar-refractivity contribution < 1.29 is 19.1 Å². The van der Waals surface area contributed by atoms with Gasteiger partial charge in [-0.3, -0.25) is 14.5 Å². The van der Waals surface area contributed by atoms with Crippen LogP contribution in [0, 0.1) is 0 Å². The van der Waals surface area contributed by atoms with E-state index < -0.39 is 11.8 Å². The van der Waals surface area contributed by atoms with Crippen LogP contribution in [0.3, 0.4) is 0 Å². The lowest BCUT2D eigenvalue weighted by Crippen LogP contribution is -2.50. The summed E-state index contributed by atoms with van der Waals surface area (Å²) in [5.41, 5.74) is 1.20. The molecule has 0 radical (unpaired) electrons. The third kappa shape index (κ3) is 5.82. The first-order valence-corrected chi connectivity index (χ1v) is 9.93. The molecule has 3 N–H and O–H groups in total. The zero-order valence-corrected chi connectivity index (χ0v) is 16.4. The van der Waals surface area contributed by atoms with Crippen molar-refractivity contribution in [2.45, 2.75) is 12.5 Å². The van der Waals surface area contributed by atoms with Gasteiger partial charge in [-0.2, -0.15) is 0 Å². The van der Waals surface area contributed by atoms with Crippen molar-refractivity contribution in [3.63, 3.8) is 0 Å². The fraction of sp³-hybridized carbons (Fsp3) is 0.429. The van der Waals surface area contributed by atoms with Gasteiger partial charge in [-0.05, 0) is 30.7 Å². The van der Waals surface area contributed by atoms with Gasteiger partial charge in [-0.25, -0.2) is 0 Å². The summed E-state index contributed by atoms with van der Waals surface area (Å²) in [7, 11) is 0. The van der Waals surface area contributed by atoms with Crippen molar-refractivity contribution in [1.82, 2.24) is 15.5 Å². The molecule has 0 aliphatic carbocycles. The van der Waals surface area contributed by atoms with Crippen molar-refractivity contribution in [3.8, 4) is 0 Å². The number of rotatable bonds is 8. The molecule has 156 valence electrons. The average Bonchev–Trinajstić information content (AvgIpc) is 3.29. The molecule has 8 heteroatoms. The maximum absolute atomic E-state index is 12.1. The zero-order chi connectivity index (χ0) is 20.5. The minimum atomic E-state index is -0.689. The predicted molar refractivity (Wildman–Crippen MR) is 109 cm³/mol. The van der Waals surface area contributed by atoms with Gasteiger partial charge in [0.2, 0.25) is 0 Å². The van der Waals surface area contributed by atoms with E-state index in [4.69, 9.17) is 9.52 Å². The Labute approximate surface area is 170 Å². The smallest absolute Gasteiger partial charge is 0.309 e. The maximum atomic E-state index is 12.1. The van der Waals surface area contributed by atoms with Crippen LogP contribution in [0.5, 0.6) is 0 Å². The molecular formula is C21H28N4O4. The van der Waals surface area contributed by atoms with E-state index in [0.29, 0.717) is 6.42 Å². The van der Waals surface area contributed by atoms with E-state index in [0.717, 1.165) is 31.9 Å². The highest BCUT2D eigenvalue weighted by atomic mass is 16.3. The van der Waals surface area contributed by atoms with E-state index in [1.807, 2.05) is 30.3 Å². The molecule has 1 aromatic carbocycles. The number of benzene rings is 1. The van der Waals surface area contributed by atoms with Crippen LogP contribution in [0.15, 0.2) is 53.1 Å². The Morgan fingerprint density at radius 1 is 1.00 bits per heavy atom. The van der Waals surface area contributed by atoms with Gasteiger partial charge in [-0.15, -0.1) is 0 Å². The summed E-state index contributed by atoms with van der Waals surface area (Å²) in [5, 5.41) is 14.0. The fourth-order valence-electron chi connectivity index (χ4n) is 3.45.